The Morgan fingerprint density at radius 3 is 2.33 bits per heavy atom. The summed E-state index contributed by atoms with van der Waals surface area (Å²) in [5.74, 6) is 0.163. The smallest absolute Gasteiger partial charge is 0.357 e. The molecule has 40 heavy (non-hydrogen) atoms. The van der Waals surface area contributed by atoms with E-state index >= 15 is 0 Å². The van der Waals surface area contributed by atoms with E-state index in [1.54, 1.807) is 35.2 Å². The Hall–Kier alpha value is -3.83. The normalized spacial score (nSPS) is 13.7. The number of piperidine rings is 1. The monoisotopic (exact) mass is 570 g/mol. The van der Waals surface area contributed by atoms with E-state index in [4.69, 9.17) is 18.4 Å². The fourth-order valence-corrected chi connectivity index (χ4v) is 5.12. The number of methoxy groups -OCH3 is 1. The number of carbonyl (C=O) groups excluding carboxylic acids is 1. The highest BCUT2D eigenvalue weighted by molar-refractivity contribution is 7.87. The van der Waals surface area contributed by atoms with Crippen molar-refractivity contribution in [2.75, 3.05) is 33.4 Å². The largest absolute Gasteiger partial charge is 0.493 e. The molecule has 2 heterocycles. The number of pyridine rings is 1. The SMILES string of the molecule is COc1ccccc1Oc1c(OCCO)cc(C(=O)N2CCCCC2)cc1OS(=O)(=O)c1ccc(C(C)C)cn1. The van der Waals surface area contributed by atoms with Crippen LogP contribution in [0.25, 0.3) is 0 Å². The molecule has 1 aliphatic rings. The van der Waals surface area contributed by atoms with Gasteiger partial charge >= 0.3 is 10.1 Å². The number of aliphatic hydroxyl groups excluding tert-OH is 1. The number of aliphatic hydroxyl groups is 1. The summed E-state index contributed by atoms with van der Waals surface area (Å²) in [5.41, 5.74) is 1.03. The molecule has 0 spiro atoms. The lowest BCUT2D eigenvalue weighted by Crippen LogP contribution is -2.35. The van der Waals surface area contributed by atoms with Crippen LogP contribution in [0, 0.1) is 0 Å². The van der Waals surface area contributed by atoms with Crippen molar-refractivity contribution < 1.29 is 36.7 Å². The van der Waals surface area contributed by atoms with E-state index in [-0.39, 0.29) is 58.6 Å². The first-order chi connectivity index (χ1) is 19.2. The molecule has 11 heteroatoms. The predicted molar refractivity (Wildman–Crippen MR) is 148 cm³/mol. The van der Waals surface area contributed by atoms with Crippen molar-refractivity contribution in [2.24, 2.45) is 0 Å². The van der Waals surface area contributed by atoms with Crippen molar-refractivity contribution in [3.63, 3.8) is 0 Å². The third kappa shape index (κ3) is 6.83. The zero-order chi connectivity index (χ0) is 28.7. The van der Waals surface area contributed by atoms with Crippen molar-refractivity contribution >= 4 is 16.0 Å². The van der Waals surface area contributed by atoms with Crippen LogP contribution in [0.5, 0.6) is 28.7 Å². The molecule has 0 bridgehead atoms. The number of ether oxygens (including phenoxy) is 3. The van der Waals surface area contributed by atoms with Crippen LogP contribution in [-0.2, 0) is 10.1 Å². The second kappa shape index (κ2) is 13.0. The number of benzene rings is 2. The van der Waals surface area contributed by atoms with Gasteiger partial charge in [-0.05, 0) is 61.1 Å². The van der Waals surface area contributed by atoms with Crippen molar-refractivity contribution in [1.82, 2.24) is 9.88 Å². The zero-order valence-electron chi connectivity index (χ0n) is 22.8. The number of para-hydroxylation sites is 2. The van der Waals surface area contributed by atoms with Gasteiger partial charge in [0.05, 0.1) is 13.7 Å². The lowest BCUT2D eigenvalue weighted by molar-refractivity contribution is 0.0723. The first-order valence-corrected chi connectivity index (χ1v) is 14.6. The summed E-state index contributed by atoms with van der Waals surface area (Å²) in [4.78, 5) is 19.2. The van der Waals surface area contributed by atoms with E-state index in [0.29, 0.717) is 18.8 Å². The minimum absolute atomic E-state index is 0.0242. The molecule has 1 aromatic heterocycles. The van der Waals surface area contributed by atoms with Gasteiger partial charge in [0.15, 0.2) is 28.0 Å². The van der Waals surface area contributed by atoms with Crippen LogP contribution >= 0.6 is 0 Å². The number of nitrogens with zero attached hydrogens (tertiary/aromatic N) is 2. The van der Waals surface area contributed by atoms with E-state index in [9.17, 15) is 18.3 Å². The number of likely N-dealkylation sites (tertiary alicyclic amines) is 1. The summed E-state index contributed by atoms with van der Waals surface area (Å²) < 4.78 is 49.6. The van der Waals surface area contributed by atoms with Crippen LogP contribution in [0.15, 0.2) is 59.8 Å². The Morgan fingerprint density at radius 2 is 1.70 bits per heavy atom. The molecule has 1 saturated heterocycles. The van der Waals surface area contributed by atoms with Gasteiger partial charge in [-0.3, -0.25) is 4.79 Å². The van der Waals surface area contributed by atoms with Crippen molar-refractivity contribution in [3.8, 4) is 28.7 Å². The zero-order valence-corrected chi connectivity index (χ0v) is 23.6. The Bertz CT molecular complexity index is 1420. The second-order valence-electron chi connectivity index (χ2n) is 9.60. The molecule has 4 rings (SSSR count). The highest BCUT2D eigenvalue weighted by Gasteiger charge is 2.28. The van der Waals surface area contributed by atoms with E-state index < -0.39 is 10.1 Å². The van der Waals surface area contributed by atoms with Crippen LogP contribution in [0.3, 0.4) is 0 Å². The summed E-state index contributed by atoms with van der Waals surface area (Å²) >= 11 is 0. The Balaban J connectivity index is 1.82. The molecular weight excluding hydrogens is 536 g/mol. The number of aromatic nitrogens is 1. The summed E-state index contributed by atoms with van der Waals surface area (Å²) in [7, 11) is -2.97. The average Bonchev–Trinajstić information content (AvgIpc) is 2.97. The molecule has 1 aliphatic heterocycles. The van der Waals surface area contributed by atoms with Gasteiger partial charge in [-0.1, -0.05) is 32.0 Å². The predicted octanol–water partition coefficient (Wildman–Crippen LogP) is 4.77. The Labute approximate surface area is 234 Å². The quantitative estimate of drug-likeness (QED) is 0.325. The molecule has 0 atom stereocenters. The molecular formula is C29H34N2O8S. The number of hydrogen-bond acceptors (Lipinski definition) is 9. The molecule has 3 aromatic rings. The standard InChI is InChI=1S/C29H34N2O8S/c1-20(2)21-11-12-27(30-19-21)40(34,35)39-26-18-22(29(33)31-13-7-4-8-14-31)17-25(37-16-15-32)28(26)38-24-10-6-5-9-23(24)36-3/h5-6,9-12,17-20,32H,4,7-8,13-16H2,1-3H3. The molecule has 0 unspecified atom stereocenters. The van der Waals surface area contributed by atoms with Crippen LogP contribution in [0.1, 0.15) is 54.9 Å². The first-order valence-electron chi connectivity index (χ1n) is 13.2. The van der Waals surface area contributed by atoms with Crippen LogP contribution in [0.4, 0.5) is 0 Å². The van der Waals surface area contributed by atoms with Gasteiger partial charge in [0.2, 0.25) is 5.75 Å². The molecule has 10 nitrogen and oxygen atoms in total. The number of rotatable bonds is 11. The maximum atomic E-state index is 13.4. The third-order valence-corrected chi connectivity index (χ3v) is 7.58. The number of hydrogen-bond donors (Lipinski definition) is 1. The minimum atomic E-state index is -4.44. The van der Waals surface area contributed by atoms with Gasteiger partial charge in [0.25, 0.3) is 5.91 Å². The highest BCUT2D eigenvalue weighted by Crippen LogP contribution is 2.45. The molecule has 0 saturated carbocycles. The van der Waals surface area contributed by atoms with Gasteiger partial charge in [-0.15, -0.1) is 0 Å². The topological polar surface area (TPSA) is 124 Å². The van der Waals surface area contributed by atoms with E-state index in [1.165, 1.54) is 31.5 Å². The Kier molecular flexibility index (Phi) is 9.49. The van der Waals surface area contributed by atoms with E-state index in [0.717, 1.165) is 24.8 Å². The average molecular weight is 571 g/mol. The first kappa shape index (κ1) is 29.2. The fraction of sp³-hybridized carbons (Fsp3) is 0.379. The summed E-state index contributed by atoms with van der Waals surface area (Å²) in [6.07, 6.45) is 4.28. The van der Waals surface area contributed by atoms with Gasteiger partial charge in [0.1, 0.15) is 6.61 Å². The minimum Gasteiger partial charge on any atom is -0.493 e. The van der Waals surface area contributed by atoms with Gasteiger partial charge in [0, 0.05) is 24.8 Å². The molecule has 1 N–H and O–H groups in total. The second-order valence-corrected chi connectivity index (χ2v) is 11.1. The molecule has 0 radical (unpaired) electrons. The third-order valence-electron chi connectivity index (χ3n) is 6.42. The van der Waals surface area contributed by atoms with Gasteiger partial charge in [-0.2, -0.15) is 8.42 Å². The molecule has 1 fully saturated rings. The van der Waals surface area contributed by atoms with Gasteiger partial charge < -0.3 is 28.4 Å². The van der Waals surface area contributed by atoms with Gasteiger partial charge in [-0.25, -0.2) is 4.98 Å². The van der Waals surface area contributed by atoms with Crippen molar-refractivity contribution in [3.05, 3.63) is 65.9 Å². The number of amides is 1. The van der Waals surface area contributed by atoms with Crippen molar-refractivity contribution in [2.45, 2.75) is 44.1 Å². The molecule has 0 aliphatic carbocycles. The van der Waals surface area contributed by atoms with Crippen LogP contribution in [0.2, 0.25) is 0 Å². The maximum absolute atomic E-state index is 13.4. The van der Waals surface area contributed by atoms with E-state index in [2.05, 4.69) is 4.98 Å². The molecule has 214 valence electrons. The molecule has 2 aromatic carbocycles. The summed E-state index contributed by atoms with van der Waals surface area (Å²) in [6, 6.07) is 12.6. The van der Waals surface area contributed by atoms with Crippen LogP contribution < -0.4 is 18.4 Å². The van der Waals surface area contributed by atoms with E-state index in [1.807, 2.05) is 13.8 Å². The molecule has 1 amide bonds. The lowest BCUT2D eigenvalue weighted by Gasteiger charge is -2.27. The fourth-order valence-electron chi connectivity index (χ4n) is 4.26. The van der Waals surface area contributed by atoms with Crippen molar-refractivity contribution in [1.29, 1.82) is 0 Å². The Morgan fingerprint density at radius 1 is 1.00 bits per heavy atom. The lowest BCUT2D eigenvalue weighted by atomic mass is 10.1. The summed E-state index contributed by atoms with van der Waals surface area (Å²) in [6.45, 7) is 4.67. The highest BCUT2D eigenvalue weighted by atomic mass is 32.2. The number of carbonyl (C=O) groups is 1. The van der Waals surface area contributed by atoms with Crippen LogP contribution in [-0.4, -0.2) is 62.7 Å². The maximum Gasteiger partial charge on any atom is 0.357 e. The summed E-state index contributed by atoms with van der Waals surface area (Å²) in [5, 5.41) is 9.14.